The Morgan fingerprint density at radius 2 is 2.11 bits per heavy atom. The molecule has 0 aromatic rings. The molecule has 0 fully saturated rings. The Morgan fingerprint density at radius 3 is 2.67 bits per heavy atom. The lowest BCUT2D eigenvalue weighted by molar-refractivity contribution is -0.137. The Morgan fingerprint density at radius 1 is 1.44 bits per heavy atom. The maximum absolute atomic E-state index is 11.6. The summed E-state index contributed by atoms with van der Waals surface area (Å²) in [6.45, 7) is 6.03. The maximum atomic E-state index is 11.6. The zero-order valence-electron chi connectivity index (χ0n) is 11.4. The molecule has 0 aliphatic carbocycles. The van der Waals surface area contributed by atoms with Crippen molar-refractivity contribution >= 4 is 12.0 Å². The number of amides is 2. The summed E-state index contributed by atoms with van der Waals surface area (Å²) in [5.41, 5.74) is 0. The molecule has 0 aromatic carbocycles. The number of hydrogen-bond donors (Lipinski definition) is 2. The Kier molecular flexibility index (Phi) is 9.00. The molecule has 6 nitrogen and oxygen atoms in total. The van der Waals surface area contributed by atoms with Crippen LogP contribution in [0.3, 0.4) is 0 Å². The third kappa shape index (κ3) is 8.81. The van der Waals surface area contributed by atoms with E-state index >= 15 is 0 Å². The molecule has 6 heteroatoms. The van der Waals surface area contributed by atoms with Gasteiger partial charge in [-0.2, -0.15) is 0 Å². The van der Waals surface area contributed by atoms with Crippen LogP contribution in [-0.4, -0.2) is 55.4 Å². The molecule has 1 atom stereocenters. The van der Waals surface area contributed by atoms with Gasteiger partial charge in [0, 0.05) is 33.2 Å². The SMILES string of the molecule is CCOCCN(C)C(=O)NCC(C)CCC(=O)O. The second kappa shape index (κ2) is 9.70. The van der Waals surface area contributed by atoms with E-state index in [0.29, 0.717) is 32.7 Å². The van der Waals surface area contributed by atoms with E-state index in [0.717, 1.165) is 0 Å². The van der Waals surface area contributed by atoms with Gasteiger partial charge in [0.15, 0.2) is 0 Å². The lowest BCUT2D eigenvalue weighted by atomic mass is 10.1. The van der Waals surface area contributed by atoms with Gasteiger partial charge in [0.05, 0.1) is 6.61 Å². The highest BCUT2D eigenvalue weighted by atomic mass is 16.5. The lowest BCUT2D eigenvalue weighted by Gasteiger charge is -2.19. The van der Waals surface area contributed by atoms with Gasteiger partial charge in [-0.05, 0) is 19.3 Å². The Labute approximate surface area is 108 Å². The number of carbonyl (C=O) groups is 2. The Hall–Kier alpha value is -1.30. The fourth-order valence-electron chi connectivity index (χ4n) is 1.32. The summed E-state index contributed by atoms with van der Waals surface area (Å²) in [6, 6.07) is -0.156. The normalized spacial score (nSPS) is 11.9. The molecule has 0 saturated carbocycles. The predicted octanol–water partition coefficient (Wildman–Crippen LogP) is 1.17. The van der Waals surface area contributed by atoms with Crippen LogP contribution in [0.1, 0.15) is 26.7 Å². The number of hydrogen-bond acceptors (Lipinski definition) is 3. The number of rotatable bonds is 9. The quantitative estimate of drug-likeness (QED) is 0.610. The highest BCUT2D eigenvalue weighted by molar-refractivity contribution is 5.73. The molecule has 0 aliphatic heterocycles. The zero-order chi connectivity index (χ0) is 14.0. The molecule has 18 heavy (non-hydrogen) atoms. The van der Waals surface area contributed by atoms with E-state index < -0.39 is 5.97 Å². The second-order valence-electron chi connectivity index (χ2n) is 4.34. The van der Waals surface area contributed by atoms with E-state index in [-0.39, 0.29) is 18.4 Å². The van der Waals surface area contributed by atoms with Crippen molar-refractivity contribution in [3.8, 4) is 0 Å². The number of aliphatic carboxylic acids is 1. The zero-order valence-corrected chi connectivity index (χ0v) is 11.4. The first-order valence-corrected chi connectivity index (χ1v) is 6.25. The number of ether oxygens (including phenoxy) is 1. The van der Waals surface area contributed by atoms with E-state index in [1.54, 1.807) is 11.9 Å². The number of carbonyl (C=O) groups excluding carboxylic acids is 1. The molecule has 0 bridgehead atoms. The van der Waals surface area contributed by atoms with Gasteiger partial charge in [-0.3, -0.25) is 4.79 Å². The van der Waals surface area contributed by atoms with Crippen LogP contribution in [0.5, 0.6) is 0 Å². The largest absolute Gasteiger partial charge is 0.481 e. The number of carboxylic acid groups (broad SMARTS) is 1. The molecule has 2 amide bonds. The lowest BCUT2D eigenvalue weighted by Crippen LogP contribution is -2.40. The summed E-state index contributed by atoms with van der Waals surface area (Å²) in [4.78, 5) is 23.6. The van der Waals surface area contributed by atoms with Gasteiger partial charge in [0.1, 0.15) is 0 Å². The van der Waals surface area contributed by atoms with Gasteiger partial charge in [-0.15, -0.1) is 0 Å². The smallest absolute Gasteiger partial charge is 0.317 e. The Bertz CT molecular complexity index is 258. The number of carboxylic acids is 1. The van der Waals surface area contributed by atoms with Crippen LogP contribution in [-0.2, 0) is 9.53 Å². The summed E-state index contributed by atoms with van der Waals surface area (Å²) < 4.78 is 5.16. The van der Waals surface area contributed by atoms with Gasteiger partial charge in [-0.1, -0.05) is 6.92 Å². The first-order valence-electron chi connectivity index (χ1n) is 6.25. The Balaban J connectivity index is 3.70. The van der Waals surface area contributed by atoms with E-state index in [4.69, 9.17) is 9.84 Å². The average Bonchev–Trinajstić information content (AvgIpc) is 2.33. The minimum absolute atomic E-state index is 0.136. The summed E-state index contributed by atoms with van der Waals surface area (Å²) in [7, 11) is 1.70. The standard InChI is InChI=1S/C12H24N2O4/c1-4-18-8-7-14(3)12(17)13-9-10(2)5-6-11(15)16/h10H,4-9H2,1-3H3,(H,13,17)(H,15,16). The summed E-state index contributed by atoms with van der Waals surface area (Å²) >= 11 is 0. The minimum Gasteiger partial charge on any atom is -0.481 e. The fraction of sp³-hybridized carbons (Fsp3) is 0.833. The number of likely N-dealkylation sites (N-methyl/N-ethyl adjacent to an activating group) is 1. The third-order valence-corrected chi connectivity index (χ3v) is 2.57. The average molecular weight is 260 g/mol. The molecule has 0 spiro atoms. The minimum atomic E-state index is -0.804. The van der Waals surface area contributed by atoms with Crippen LogP contribution in [0.25, 0.3) is 0 Å². The van der Waals surface area contributed by atoms with Crippen LogP contribution in [0.2, 0.25) is 0 Å². The topological polar surface area (TPSA) is 78.9 Å². The monoisotopic (exact) mass is 260 g/mol. The molecule has 0 rings (SSSR count). The summed E-state index contributed by atoms with van der Waals surface area (Å²) in [6.07, 6.45) is 0.704. The van der Waals surface area contributed by atoms with Crippen LogP contribution >= 0.6 is 0 Å². The highest BCUT2D eigenvalue weighted by Crippen LogP contribution is 2.03. The van der Waals surface area contributed by atoms with Crippen LogP contribution in [0.4, 0.5) is 4.79 Å². The van der Waals surface area contributed by atoms with Gasteiger partial charge in [0.25, 0.3) is 0 Å². The van der Waals surface area contributed by atoms with E-state index in [9.17, 15) is 9.59 Å². The van der Waals surface area contributed by atoms with Crippen LogP contribution in [0.15, 0.2) is 0 Å². The van der Waals surface area contributed by atoms with E-state index in [1.165, 1.54) is 0 Å². The molecule has 0 saturated heterocycles. The molecule has 106 valence electrons. The fourth-order valence-corrected chi connectivity index (χ4v) is 1.32. The molecule has 0 radical (unpaired) electrons. The molecule has 0 aliphatic rings. The van der Waals surface area contributed by atoms with Gasteiger partial charge in [-0.25, -0.2) is 4.79 Å². The maximum Gasteiger partial charge on any atom is 0.317 e. The summed E-state index contributed by atoms with van der Waals surface area (Å²) in [5.74, 6) is -0.646. The molecule has 2 N–H and O–H groups in total. The number of urea groups is 1. The van der Waals surface area contributed by atoms with Crippen molar-refractivity contribution < 1.29 is 19.4 Å². The molecule has 0 heterocycles. The molecule has 1 unspecified atom stereocenters. The van der Waals surface area contributed by atoms with E-state index in [1.807, 2.05) is 13.8 Å². The first-order chi connectivity index (χ1) is 8.47. The third-order valence-electron chi connectivity index (χ3n) is 2.57. The van der Waals surface area contributed by atoms with Crippen molar-refractivity contribution in [2.45, 2.75) is 26.7 Å². The van der Waals surface area contributed by atoms with E-state index in [2.05, 4.69) is 5.32 Å². The van der Waals surface area contributed by atoms with Crippen LogP contribution < -0.4 is 5.32 Å². The van der Waals surface area contributed by atoms with Crippen molar-refractivity contribution in [3.63, 3.8) is 0 Å². The van der Waals surface area contributed by atoms with Crippen LogP contribution in [0, 0.1) is 5.92 Å². The number of nitrogens with one attached hydrogen (secondary N) is 1. The van der Waals surface area contributed by atoms with Crippen molar-refractivity contribution in [2.75, 3.05) is 33.4 Å². The van der Waals surface area contributed by atoms with Gasteiger partial charge >= 0.3 is 12.0 Å². The van der Waals surface area contributed by atoms with Gasteiger partial charge in [0.2, 0.25) is 0 Å². The van der Waals surface area contributed by atoms with Crippen molar-refractivity contribution in [1.29, 1.82) is 0 Å². The van der Waals surface area contributed by atoms with Crippen molar-refractivity contribution in [2.24, 2.45) is 5.92 Å². The molecule has 0 aromatic heterocycles. The highest BCUT2D eigenvalue weighted by Gasteiger charge is 2.10. The first kappa shape index (κ1) is 16.7. The van der Waals surface area contributed by atoms with Crippen molar-refractivity contribution in [3.05, 3.63) is 0 Å². The predicted molar refractivity (Wildman–Crippen MR) is 68.6 cm³/mol. The second-order valence-corrected chi connectivity index (χ2v) is 4.34. The summed E-state index contributed by atoms with van der Waals surface area (Å²) in [5, 5.41) is 11.3. The molecular weight excluding hydrogens is 236 g/mol. The number of nitrogens with zero attached hydrogens (tertiary/aromatic N) is 1. The molecular formula is C12H24N2O4. The van der Waals surface area contributed by atoms with Gasteiger partial charge < -0.3 is 20.1 Å². The van der Waals surface area contributed by atoms with Crippen molar-refractivity contribution in [1.82, 2.24) is 10.2 Å².